The molecule has 2 bridgehead atoms. The molecule has 1 saturated heterocycles. The number of pyridine rings is 1. The van der Waals surface area contributed by atoms with Crippen LogP contribution in [-0.4, -0.2) is 62.8 Å². The highest BCUT2D eigenvalue weighted by Gasteiger charge is 2.76. The van der Waals surface area contributed by atoms with Gasteiger partial charge in [-0.25, -0.2) is 9.37 Å². The highest BCUT2D eigenvalue weighted by atomic mass is 19.1. The van der Waals surface area contributed by atoms with Crippen molar-refractivity contribution in [1.82, 2.24) is 14.8 Å². The smallest absolute Gasteiger partial charge is 0.309 e. The van der Waals surface area contributed by atoms with E-state index in [1.165, 1.54) is 12.1 Å². The summed E-state index contributed by atoms with van der Waals surface area (Å²) in [5.74, 6) is -1.21. The van der Waals surface area contributed by atoms with Gasteiger partial charge in [0.25, 0.3) is 5.91 Å². The molecule has 7 rings (SSSR count). The van der Waals surface area contributed by atoms with E-state index in [2.05, 4.69) is 20.8 Å². The summed E-state index contributed by atoms with van der Waals surface area (Å²) in [6.45, 7) is 11.1. The third kappa shape index (κ3) is 3.92. The van der Waals surface area contributed by atoms with Crippen LogP contribution in [0, 0.1) is 16.6 Å². The van der Waals surface area contributed by atoms with E-state index in [4.69, 9.17) is 9.40 Å². The third-order valence-electron chi connectivity index (χ3n) is 9.01. The van der Waals surface area contributed by atoms with Gasteiger partial charge in [0.1, 0.15) is 11.3 Å². The summed E-state index contributed by atoms with van der Waals surface area (Å²) in [5.41, 5.74) is 1.21. The Labute approximate surface area is 232 Å². The SMILES string of the molecule is CC(C)(C)c1cc(-c2ccc(F)cc2)nc2cc(C(=O)N3CCN(C(=O)C45CC(C(=O)O)(C4)C5)CC3(C)C)oc12. The quantitative estimate of drug-likeness (QED) is 0.479. The van der Waals surface area contributed by atoms with Crippen molar-refractivity contribution in [2.24, 2.45) is 10.8 Å². The lowest BCUT2D eigenvalue weighted by Crippen LogP contribution is -2.73. The molecule has 4 aliphatic rings. The highest BCUT2D eigenvalue weighted by Crippen LogP contribution is 2.74. The standard InChI is InChI=1S/C31H34FN3O5/c1-28(2,3)20-12-21(18-6-8-19(32)9-7-18)33-22-13-23(40-24(20)22)25(36)35-11-10-34(17-29(35,4)5)26(37)30-14-31(15-30,16-30)27(38)39/h6-9,12-13H,10-11,14-17H2,1-5H3,(H,38,39). The number of hydrogen-bond donors (Lipinski definition) is 1. The van der Waals surface area contributed by atoms with E-state index in [9.17, 15) is 23.9 Å². The molecular weight excluding hydrogens is 513 g/mol. The summed E-state index contributed by atoms with van der Waals surface area (Å²) in [7, 11) is 0. The van der Waals surface area contributed by atoms with E-state index in [-0.39, 0.29) is 28.8 Å². The number of furan rings is 1. The van der Waals surface area contributed by atoms with Crippen LogP contribution in [0.3, 0.4) is 0 Å². The molecular formula is C31H34FN3O5. The number of amides is 2. The van der Waals surface area contributed by atoms with E-state index in [0.29, 0.717) is 55.7 Å². The number of hydrogen-bond acceptors (Lipinski definition) is 5. The number of piperazine rings is 1. The Morgan fingerprint density at radius 3 is 2.23 bits per heavy atom. The molecule has 4 fully saturated rings. The van der Waals surface area contributed by atoms with Crippen LogP contribution in [0.25, 0.3) is 22.4 Å². The maximum atomic E-state index is 13.8. The van der Waals surface area contributed by atoms with E-state index >= 15 is 0 Å². The van der Waals surface area contributed by atoms with Crippen molar-refractivity contribution in [3.05, 3.63) is 53.5 Å². The molecule has 3 heterocycles. The van der Waals surface area contributed by atoms with Gasteiger partial charge in [0.2, 0.25) is 5.91 Å². The molecule has 210 valence electrons. The molecule has 40 heavy (non-hydrogen) atoms. The summed E-state index contributed by atoms with van der Waals surface area (Å²) in [4.78, 5) is 46.9. The van der Waals surface area contributed by atoms with Gasteiger partial charge in [-0.3, -0.25) is 14.4 Å². The van der Waals surface area contributed by atoms with E-state index in [0.717, 1.165) is 11.1 Å². The number of carboxylic acid groups (broad SMARTS) is 1. The Hall–Kier alpha value is -3.75. The molecule has 1 aliphatic heterocycles. The lowest BCUT2D eigenvalue weighted by molar-refractivity contribution is -0.227. The minimum absolute atomic E-state index is 0.00637. The second kappa shape index (κ2) is 8.38. The normalized spacial score (nSPS) is 25.4. The van der Waals surface area contributed by atoms with Crippen LogP contribution in [-0.2, 0) is 15.0 Å². The zero-order valence-corrected chi connectivity index (χ0v) is 23.5. The molecule has 0 spiro atoms. The van der Waals surface area contributed by atoms with Gasteiger partial charge in [-0.2, -0.15) is 0 Å². The topological polar surface area (TPSA) is 104 Å². The van der Waals surface area contributed by atoms with Crippen molar-refractivity contribution in [2.45, 2.75) is 64.8 Å². The van der Waals surface area contributed by atoms with Crippen LogP contribution < -0.4 is 0 Å². The maximum absolute atomic E-state index is 13.8. The molecule has 1 N–H and O–H groups in total. The highest BCUT2D eigenvalue weighted by molar-refractivity contribution is 5.97. The Balaban J connectivity index is 1.26. The second-order valence-corrected chi connectivity index (χ2v) is 13.5. The fourth-order valence-corrected chi connectivity index (χ4v) is 6.87. The van der Waals surface area contributed by atoms with Crippen molar-refractivity contribution in [2.75, 3.05) is 19.6 Å². The molecule has 9 heteroatoms. The first kappa shape index (κ1) is 26.5. The molecule has 0 radical (unpaired) electrons. The predicted octanol–water partition coefficient (Wildman–Crippen LogP) is 5.25. The monoisotopic (exact) mass is 547 g/mol. The van der Waals surface area contributed by atoms with Crippen LogP contribution >= 0.6 is 0 Å². The molecule has 0 unspecified atom stereocenters. The second-order valence-electron chi connectivity index (χ2n) is 13.5. The van der Waals surface area contributed by atoms with Gasteiger partial charge in [0.15, 0.2) is 11.3 Å². The van der Waals surface area contributed by atoms with Crippen LogP contribution in [0.2, 0.25) is 0 Å². The Morgan fingerprint density at radius 1 is 1.00 bits per heavy atom. The van der Waals surface area contributed by atoms with Crippen molar-refractivity contribution in [1.29, 1.82) is 0 Å². The number of fused-ring (bicyclic) bond motifs is 1. The zero-order chi connectivity index (χ0) is 28.8. The van der Waals surface area contributed by atoms with Gasteiger partial charge in [-0.15, -0.1) is 0 Å². The van der Waals surface area contributed by atoms with Crippen molar-refractivity contribution < 1.29 is 28.3 Å². The number of benzene rings is 1. The lowest BCUT2D eigenvalue weighted by atomic mass is 9.34. The van der Waals surface area contributed by atoms with Crippen molar-refractivity contribution >= 4 is 28.9 Å². The van der Waals surface area contributed by atoms with Crippen LogP contribution in [0.4, 0.5) is 4.39 Å². The molecule has 1 aromatic carbocycles. The number of carbonyl (C=O) groups excluding carboxylic acids is 2. The first-order chi connectivity index (χ1) is 18.6. The van der Waals surface area contributed by atoms with Gasteiger partial charge < -0.3 is 19.3 Å². The Bertz CT molecular complexity index is 1550. The minimum atomic E-state index is -0.808. The average Bonchev–Trinajstić information content (AvgIpc) is 3.24. The van der Waals surface area contributed by atoms with E-state index in [1.807, 2.05) is 19.9 Å². The first-order valence-corrected chi connectivity index (χ1v) is 13.7. The van der Waals surface area contributed by atoms with E-state index in [1.54, 1.807) is 28.0 Å². The Kier molecular flexibility index (Phi) is 5.55. The predicted molar refractivity (Wildman–Crippen MR) is 146 cm³/mol. The molecule has 8 nitrogen and oxygen atoms in total. The Morgan fingerprint density at radius 2 is 1.65 bits per heavy atom. The number of nitrogens with zero attached hydrogens (tertiary/aromatic N) is 3. The summed E-state index contributed by atoms with van der Waals surface area (Å²) in [6.07, 6.45) is 1.24. The summed E-state index contributed by atoms with van der Waals surface area (Å²) >= 11 is 0. The largest absolute Gasteiger partial charge is 0.481 e. The maximum Gasteiger partial charge on any atom is 0.309 e. The third-order valence-corrected chi connectivity index (χ3v) is 9.01. The van der Waals surface area contributed by atoms with Crippen LogP contribution in [0.15, 0.2) is 40.8 Å². The van der Waals surface area contributed by atoms with Gasteiger partial charge in [0.05, 0.1) is 22.1 Å². The summed E-state index contributed by atoms with van der Waals surface area (Å²) in [5, 5.41) is 9.43. The van der Waals surface area contributed by atoms with Crippen LogP contribution in [0.5, 0.6) is 0 Å². The number of carbonyl (C=O) groups is 3. The first-order valence-electron chi connectivity index (χ1n) is 13.7. The van der Waals surface area contributed by atoms with Gasteiger partial charge in [0, 0.05) is 36.8 Å². The average molecular weight is 548 g/mol. The minimum Gasteiger partial charge on any atom is -0.481 e. The van der Waals surface area contributed by atoms with E-state index < -0.39 is 22.3 Å². The molecule has 3 aliphatic carbocycles. The summed E-state index contributed by atoms with van der Waals surface area (Å²) < 4.78 is 19.7. The van der Waals surface area contributed by atoms with Crippen molar-refractivity contribution in [3.8, 4) is 11.3 Å². The van der Waals surface area contributed by atoms with Gasteiger partial charge in [-0.05, 0) is 68.9 Å². The molecule has 2 aromatic heterocycles. The molecule has 0 atom stereocenters. The van der Waals surface area contributed by atoms with Crippen molar-refractivity contribution in [3.63, 3.8) is 0 Å². The lowest BCUT2D eigenvalue weighted by Gasteiger charge is -2.67. The zero-order valence-electron chi connectivity index (χ0n) is 23.5. The molecule has 3 saturated carbocycles. The number of aromatic nitrogens is 1. The van der Waals surface area contributed by atoms with Crippen LogP contribution in [0.1, 0.15) is 70.0 Å². The van der Waals surface area contributed by atoms with Gasteiger partial charge >= 0.3 is 5.97 Å². The fraction of sp³-hybridized carbons (Fsp3) is 0.484. The summed E-state index contributed by atoms with van der Waals surface area (Å²) in [6, 6.07) is 9.75. The fourth-order valence-electron chi connectivity index (χ4n) is 6.87. The number of rotatable bonds is 4. The number of carboxylic acids is 1. The molecule has 2 amide bonds. The number of halogens is 1. The molecule has 3 aromatic rings. The van der Waals surface area contributed by atoms with Gasteiger partial charge in [-0.1, -0.05) is 20.8 Å². The number of aliphatic carboxylic acids is 1.